The van der Waals surface area contributed by atoms with E-state index in [0.29, 0.717) is 6.04 Å². The number of rotatable bonds is 3. The summed E-state index contributed by atoms with van der Waals surface area (Å²) < 4.78 is 1.94. The maximum atomic E-state index is 4.15. The van der Waals surface area contributed by atoms with Gasteiger partial charge in [0.15, 0.2) is 5.82 Å². The van der Waals surface area contributed by atoms with Crippen LogP contribution in [0.3, 0.4) is 0 Å². The first-order valence-corrected chi connectivity index (χ1v) is 7.86. The fraction of sp³-hybridized carbons (Fsp3) is 0.529. The Morgan fingerprint density at radius 3 is 2.57 bits per heavy atom. The van der Waals surface area contributed by atoms with Crippen LogP contribution in [0.4, 0.5) is 5.69 Å². The standard InChI is InChI=1S/C17H24N4/c1-12-5-4-6-16(13(12)2)19-15-9-7-14(8-10-15)17-20-18-11-21(17)3/h7-13,16,19H,4-6H2,1-3H3. The highest BCUT2D eigenvalue weighted by atomic mass is 15.2. The molecule has 3 atom stereocenters. The Morgan fingerprint density at radius 1 is 1.14 bits per heavy atom. The van der Waals surface area contributed by atoms with Crippen molar-refractivity contribution in [2.75, 3.05) is 5.32 Å². The first kappa shape index (κ1) is 14.1. The Bertz CT molecular complexity index is 587. The van der Waals surface area contributed by atoms with Crippen molar-refractivity contribution in [1.29, 1.82) is 0 Å². The molecule has 1 aliphatic carbocycles. The second-order valence-corrected chi connectivity index (χ2v) is 6.36. The second-order valence-electron chi connectivity index (χ2n) is 6.36. The average Bonchev–Trinajstić information content (AvgIpc) is 2.91. The third-order valence-corrected chi connectivity index (χ3v) is 4.91. The van der Waals surface area contributed by atoms with Gasteiger partial charge in [-0.15, -0.1) is 10.2 Å². The number of nitrogens with zero attached hydrogens (tertiary/aromatic N) is 3. The topological polar surface area (TPSA) is 42.7 Å². The Kier molecular flexibility index (Phi) is 3.95. The van der Waals surface area contributed by atoms with Gasteiger partial charge in [-0.1, -0.05) is 26.7 Å². The number of aryl methyl sites for hydroxylation is 1. The summed E-state index contributed by atoms with van der Waals surface area (Å²) in [5, 5.41) is 11.8. The zero-order valence-corrected chi connectivity index (χ0v) is 13.1. The Hall–Kier alpha value is -1.84. The Morgan fingerprint density at radius 2 is 1.90 bits per heavy atom. The van der Waals surface area contributed by atoms with Gasteiger partial charge in [-0.05, 0) is 42.5 Å². The van der Waals surface area contributed by atoms with E-state index in [4.69, 9.17) is 0 Å². The summed E-state index contributed by atoms with van der Waals surface area (Å²) in [5.41, 5.74) is 2.30. The first-order chi connectivity index (χ1) is 10.1. The Balaban J connectivity index is 1.71. The van der Waals surface area contributed by atoms with Crippen LogP contribution in [0.25, 0.3) is 11.4 Å². The molecular formula is C17H24N4. The molecular weight excluding hydrogens is 260 g/mol. The molecule has 1 saturated carbocycles. The van der Waals surface area contributed by atoms with E-state index in [-0.39, 0.29) is 0 Å². The predicted molar refractivity (Wildman–Crippen MR) is 86.0 cm³/mol. The molecule has 112 valence electrons. The maximum Gasteiger partial charge on any atom is 0.163 e. The molecule has 1 aliphatic rings. The van der Waals surface area contributed by atoms with Crippen LogP contribution in [-0.4, -0.2) is 20.8 Å². The van der Waals surface area contributed by atoms with Gasteiger partial charge in [0.25, 0.3) is 0 Å². The fourth-order valence-electron chi connectivity index (χ4n) is 3.26. The number of nitrogens with one attached hydrogen (secondary N) is 1. The zero-order chi connectivity index (χ0) is 14.8. The van der Waals surface area contributed by atoms with Crippen LogP contribution in [0.5, 0.6) is 0 Å². The average molecular weight is 284 g/mol. The summed E-state index contributed by atoms with van der Waals surface area (Å²) in [7, 11) is 1.96. The molecule has 21 heavy (non-hydrogen) atoms. The highest BCUT2D eigenvalue weighted by molar-refractivity contribution is 5.60. The molecule has 3 unspecified atom stereocenters. The van der Waals surface area contributed by atoms with E-state index in [2.05, 4.69) is 53.6 Å². The van der Waals surface area contributed by atoms with Crippen molar-refractivity contribution in [3.8, 4) is 11.4 Å². The van der Waals surface area contributed by atoms with E-state index in [1.165, 1.54) is 24.9 Å². The van der Waals surface area contributed by atoms with Crippen molar-refractivity contribution in [2.45, 2.75) is 39.2 Å². The zero-order valence-electron chi connectivity index (χ0n) is 13.1. The van der Waals surface area contributed by atoms with Gasteiger partial charge in [-0.3, -0.25) is 0 Å². The first-order valence-electron chi connectivity index (χ1n) is 7.86. The van der Waals surface area contributed by atoms with Crippen molar-refractivity contribution < 1.29 is 0 Å². The van der Waals surface area contributed by atoms with E-state index in [1.807, 2.05) is 11.6 Å². The smallest absolute Gasteiger partial charge is 0.163 e. The molecule has 4 nitrogen and oxygen atoms in total. The molecule has 4 heteroatoms. The number of anilines is 1. The van der Waals surface area contributed by atoms with Crippen LogP contribution in [0, 0.1) is 11.8 Å². The predicted octanol–water partition coefficient (Wildman–Crippen LogP) is 3.72. The molecule has 1 fully saturated rings. The van der Waals surface area contributed by atoms with Crippen LogP contribution in [0.2, 0.25) is 0 Å². The van der Waals surface area contributed by atoms with Gasteiger partial charge in [0.1, 0.15) is 6.33 Å². The Labute approximate surface area is 126 Å². The number of hydrogen-bond donors (Lipinski definition) is 1. The molecule has 3 rings (SSSR count). The monoisotopic (exact) mass is 284 g/mol. The van der Waals surface area contributed by atoms with Crippen molar-refractivity contribution in [3.05, 3.63) is 30.6 Å². The molecule has 2 aromatic rings. The van der Waals surface area contributed by atoms with E-state index in [0.717, 1.165) is 23.2 Å². The van der Waals surface area contributed by atoms with Crippen LogP contribution in [0.1, 0.15) is 33.1 Å². The van der Waals surface area contributed by atoms with Gasteiger partial charge in [-0.2, -0.15) is 0 Å². The molecule has 1 N–H and O–H groups in total. The molecule has 0 bridgehead atoms. The third kappa shape index (κ3) is 2.94. The second kappa shape index (κ2) is 5.88. The highest BCUT2D eigenvalue weighted by Crippen LogP contribution is 2.31. The lowest BCUT2D eigenvalue weighted by Crippen LogP contribution is -2.34. The van der Waals surface area contributed by atoms with Crippen molar-refractivity contribution in [1.82, 2.24) is 14.8 Å². The number of hydrogen-bond acceptors (Lipinski definition) is 3. The van der Waals surface area contributed by atoms with Crippen LogP contribution >= 0.6 is 0 Å². The molecule has 1 aromatic carbocycles. The fourth-order valence-corrected chi connectivity index (χ4v) is 3.26. The quantitative estimate of drug-likeness (QED) is 0.934. The van der Waals surface area contributed by atoms with Gasteiger partial charge in [0.2, 0.25) is 0 Å². The summed E-state index contributed by atoms with van der Waals surface area (Å²) >= 11 is 0. The van der Waals surface area contributed by atoms with Gasteiger partial charge >= 0.3 is 0 Å². The molecule has 1 heterocycles. The molecule has 0 aliphatic heterocycles. The van der Waals surface area contributed by atoms with Gasteiger partial charge in [0.05, 0.1) is 0 Å². The van der Waals surface area contributed by atoms with E-state index < -0.39 is 0 Å². The highest BCUT2D eigenvalue weighted by Gasteiger charge is 2.26. The lowest BCUT2D eigenvalue weighted by Gasteiger charge is -2.35. The van der Waals surface area contributed by atoms with Crippen LogP contribution in [-0.2, 0) is 7.05 Å². The lowest BCUT2D eigenvalue weighted by atomic mass is 9.78. The van der Waals surface area contributed by atoms with E-state index in [9.17, 15) is 0 Å². The molecule has 0 saturated heterocycles. The van der Waals surface area contributed by atoms with Crippen LogP contribution in [0.15, 0.2) is 30.6 Å². The minimum absolute atomic E-state index is 0.592. The SMILES string of the molecule is CC1CCCC(Nc2ccc(-c3nncn3C)cc2)C1C. The largest absolute Gasteiger partial charge is 0.382 e. The summed E-state index contributed by atoms with van der Waals surface area (Å²) in [6.07, 6.45) is 5.70. The summed E-state index contributed by atoms with van der Waals surface area (Å²) in [4.78, 5) is 0. The molecule has 1 aromatic heterocycles. The normalized spacial score (nSPS) is 25.8. The van der Waals surface area contributed by atoms with E-state index in [1.54, 1.807) is 6.33 Å². The maximum absolute atomic E-state index is 4.15. The summed E-state index contributed by atoms with van der Waals surface area (Å²) in [5.74, 6) is 2.45. The van der Waals surface area contributed by atoms with Crippen LogP contribution < -0.4 is 5.32 Å². The van der Waals surface area contributed by atoms with Crippen molar-refractivity contribution in [3.63, 3.8) is 0 Å². The summed E-state index contributed by atoms with van der Waals surface area (Å²) in [6.45, 7) is 4.74. The van der Waals surface area contributed by atoms with Gasteiger partial charge in [-0.25, -0.2) is 0 Å². The lowest BCUT2D eigenvalue weighted by molar-refractivity contribution is 0.253. The minimum atomic E-state index is 0.592. The number of benzene rings is 1. The number of aromatic nitrogens is 3. The molecule has 0 amide bonds. The van der Waals surface area contributed by atoms with E-state index >= 15 is 0 Å². The van der Waals surface area contributed by atoms with Gasteiger partial charge in [0, 0.05) is 24.3 Å². The van der Waals surface area contributed by atoms with Crippen molar-refractivity contribution in [2.24, 2.45) is 18.9 Å². The summed E-state index contributed by atoms with van der Waals surface area (Å²) in [6, 6.07) is 9.12. The molecule has 0 spiro atoms. The van der Waals surface area contributed by atoms with Crippen molar-refractivity contribution >= 4 is 5.69 Å². The molecule has 0 radical (unpaired) electrons. The van der Waals surface area contributed by atoms with Gasteiger partial charge < -0.3 is 9.88 Å². The minimum Gasteiger partial charge on any atom is -0.382 e. The third-order valence-electron chi connectivity index (χ3n) is 4.91.